The Morgan fingerprint density at radius 3 is 2.85 bits per heavy atom. The van der Waals surface area contributed by atoms with Gasteiger partial charge in [-0.15, -0.1) is 0 Å². The third-order valence-corrected chi connectivity index (χ3v) is 4.09. The molecule has 2 N–H and O–H groups in total. The molecule has 7 nitrogen and oxygen atoms in total. The van der Waals surface area contributed by atoms with Gasteiger partial charge in [0, 0.05) is 64.8 Å². The van der Waals surface area contributed by atoms with Crippen molar-refractivity contribution in [3.63, 3.8) is 0 Å². The van der Waals surface area contributed by atoms with Crippen LogP contribution in [0.4, 0.5) is 0 Å². The number of nitrogens with one attached hydrogen (secondary N) is 2. The van der Waals surface area contributed by atoms with E-state index in [1.165, 1.54) is 5.56 Å². The molecule has 0 saturated heterocycles. The lowest BCUT2D eigenvalue weighted by Crippen LogP contribution is -2.37. The summed E-state index contributed by atoms with van der Waals surface area (Å²) in [5.74, 6) is 1.70. The van der Waals surface area contributed by atoms with Crippen molar-refractivity contribution in [2.45, 2.75) is 32.9 Å². The van der Waals surface area contributed by atoms with Crippen LogP contribution in [0, 0.1) is 6.92 Å². The lowest BCUT2D eigenvalue weighted by atomic mass is 10.1. The van der Waals surface area contributed by atoms with E-state index in [4.69, 9.17) is 9.47 Å². The van der Waals surface area contributed by atoms with Crippen LogP contribution in [-0.2, 0) is 17.8 Å². The first-order chi connectivity index (χ1) is 13.2. The Kier molecular flexibility index (Phi) is 9.20. The Labute approximate surface area is 161 Å². The molecular weight excluding hydrogens is 342 g/mol. The van der Waals surface area contributed by atoms with Crippen LogP contribution in [0.3, 0.4) is 0 Å². The summed E-state index contributed by atoms with van der Waals surface area (Å²) in [6.07, 6.45) is 7.47. The number of ether oxygens (including phenoxy) is 2. The number of imidazole rings is 1. The first kappa shape index (κ1) is 20.8. The first-order valence-electron chi connectivity index (χ1n) is 9.34. The van der Waals surface area contributed by atoms with Crippen molar-refractivity contribution in [2.75, 3.05) is 33.9 Å². The Hall–Kier alpha value is -2.54. The highest BCUT2D eigenvalue weighted by Crippen LogP contribution is 2.20. The summed E-state index contributed by atoms with van der Waals surface area (Å²) in [5.41, 5.74) is 2.29. The van der Waals surface area contributed by atoms with E-state index in [1.807, 2.05) is 12.5 Å². The van der Waals surface area contributed by atoms with Crippen LogP contribution in [-0.4, -0.2) is 49.4 Å². The summed E-state index contributed by atoms with van der Waals surface area (Å²) < 4.78 is 13.1. The van der Waals surface area contributed by atoms with Gasteiger partial charge in [-0.3, -0.25) is 4.99 Å². The summed E-state index contributed by atoms with van der Waals surface area (Å²) in [4.78, 5) is 8.34. The number of aryl methyl sites for hydroxylation is 2. The van der Waals surface area contributed by atoms with E-state index < -0.39 is 0 Å². The fourth-order valence-corrected chi connectivity index (χ4v) is 2.61. The molecule has 0 fully saturated rings. The zero-order valence-corrected chi connectivity index (χ0v) is 16.6. The number of hydrogen-bond donors (Lipinski definition) is 2. The van der Waals surface area contributed by atoms with Crippen LogP contribution in [0.2, 0.25) is 0 Å². The van der Waals surface area contributed by atoms with Crippen molar-refractivity contribution in [1.29, 1.82) is 0 Å². The van der Waals surface area contributed by atoms with Gasteiger partial charge in [0.05, 0.1) is 12.9 Å². The minimum Gasteiger partial charge on any atom is -0.493 e. The molecular formula is C20H31N5O2. The lowest BCUT2D eigenvalue weighted by molar-refractivity contribution is 0.172. The molecule has 0 saturated carbocycles. The van der Waals surface area contributed by atoms with Gasteiger partial charge in [0.2, 0.25) is 0 Å². The fourth-order valence-electron chi connectivity index (χ4n) is 2.61. The van der Waals surface area contributed by atoms with E-state index >= 15 is 0 Å². The molecule has 2 rings (SSSR count). The second-order valence-electron chi connectivity index (χ2n) is 6.31. The average molecular weight is 374 g/mol. The molecule has 0 aliphatic rings. The van der Waals surface area contributed by atoms with Gasteiger partial charge in [-0.05, 0) is 25.0 Å². The summed E-state index contributed by atoms with van der Waals surface area (Å²) in [5, 5.41) is 6.70. The number of hydrogen-bond acceptors (Lipinski definition) is 4. The maximum absolute atomic E-state index is 5.94. The van der Waals surface area contributed by atoms with Crippen molar-refractivity contribution in [2.24, 2.45) is 4.99 Å². The third kappa shape index (κ3) is 7.70. The molecule has 0 unspecified atom stereocenters. The van der Waals surface area contributed by atoms with E-state index in [-0.39, 0.29) is 0 Å². The average Bonchev–Trinajstić information content (AvgIpc) is 3.19. The largest absolute Gasteiger partial charge is 0.493 e. The van der Waals surface area contributed by atoms with Crippen molar-refractivity contribution in [3.8, 4) is 5.75 Å². The Morgan fingerprint density at radius 1 is 1.22 bits per heavy atom. The van der Waals surface area contributed by atoms with Crippen molar-refractivity contribution < 1.29 is 9.47 Å². The molecule has 2 aromatic rings. The predicted octanol–water partition coefficient (Wildman–Crippen LogP) is 2.36. The Morgan fingerprint density at radius 2 is 2.11 bits per heavy atom. The van der Waals surface area contributed by atoms with Gasteiger partial charge in [-0.1, -0.05) is 12.1 Å². The lowest BCUT2D eigenvalue weighted by Gasteiger charge is -2.15. The minimum atomic E-state index is 0.644. The number of guanidine groups is 1. The van der Waals surface area contributed by atoms with Crippen molar-refractivity contribution >= 4 is 5.96 Å². The molecule has 0 amide bonds. The van der Waals surface area contributed by atoms with Gasteiger partial charge in [0.1, 0.15) is 5.75 Å². The summed E-state index contributed by atoms with van der Waals surface area (Å²) in [6.45, 7) is 5.84. The van der Waals surface area contributed by atoms with E-state index in [9.17, 15) is 0 Å². The molecule has 1 aromatic heterocycles. The fraction of sp³-hybridized carbons (Fsp3) is 0.500. The van der Waals surface area contributed by atoms with E-state index in [0.29, 0.717) is 19.8 Å². The van der Waals surface area contributed by atoms with Crippen LogP contribution in [0.1, 0.15) is 24.0 Å². The first-order valence-corrected chi connectivity index (χ1v) is 9.34. The molecule has 7 heteroatoms. The molecule has 0 bridgehead atoms. The standard InChI is InChI=1S/C20H31N5O2/c1-17-6-7-18(19(14-17)27-13-5-12-26-3)15-24-20(21-2)23-8-4-10-25-11-9-22-16-25/h6-7,9,11,14,16H,4-5,8,10,12-13,15H2,1-3H3,(H2,21,23,24). The summed E-state index contributed by atoms with van der Waals surface area (Å²) >= 11 is 0. The predicted molar refractivity (Wildman–Crippen MR) is 108 cm³/mol. The van der Waals surface area contributed by atoms with Crippen LogP contribution < -0.4 is 15.4 Å². The molecule has 148 valence electrons. The van der Waals surface area contributed by atoms with E-state index in [1.54, 1.807) is 20.4 Å². The Bertz CT molecular complexity index is 686. The normalized spacial score (nSPS) is 11.4. The monoisotopic (exact) mass is 373 g/mol. The quantitative estimate of drug-likeness (QED) is 0.359. The highest BCUT2D eigenvalue weighted by atomic mass is 16.5. The summed E-state index contributed by atoms with van der Waals surface area (Å²) in [7, 11) is 3.48. The number of rotatable bonds is 11. The van der Waals surface area contributed by atoms with Crippen LogP contribution in [0.5, 0.6) is 5.75 Å². The molecule has 1 heterocycles. The molecule has 27 heavy (non-hydrogen) atoms. The van der Waals surface area contributed by atoms with Crippen LogP contribution in [0.15, 0.2) is 41.9 Å². The van der Waals surface area contributed by atoms with Gasteiger partial charge in [0.15, 0.2) is 5.96 Å². The smallest absolute Gasteiger partial charge is 0.191 e. The van der Waals surface area contributed by atoms with Gasteiger partial charge < -0.3 is 24.7 Å². The number of nitrogens with zero attached hydrogens (tertiary/aromatic N) is 3. The highest BCUT2D eigenvalue weighted by Gasteiger charge is 2.06. The zero-order chi connectivity index (χ0) is 19.3. The van der Waals surface area contributed by atoms with Crippen molar-refractivity contribution in [1.82, 2.24) is 20.2 Å². The van der Waals surface area contributed by atoms with Gasteiger partial charge in [-0.25, -0.2) is 4.98 Å². The number of benzene rings is 1. The maximum atomic E-state index is 5.94. The number of methoxy groups -OCH3 is 1. The molecule has 0 aliphatic heterocycles. The van der Waals surface area contributed by atoms with Gasteiger partial charge in [-0.2, -0.15) is 0 Å². The second kappa shape index (κ2) is 12.0. The van der Waals surface area contributed by atoms with E-state index in [2.05, 4.69) is 50.3 Å². The molecule has 0 atom stereocenters. The molecule has 1 aromatic carbocycles. The number of aliphatic imine (C=N–C) groups is 1. The minimum absolute atomic E-state index is 0.644. The van der Waals surface area contributed by atoms with Crippen LogP contribution >= 0.6 is 0 Å². The van der Waals surface area contributed by atoms with Gasteiger partial charge in [0.25, 0.3) is 0 Å². The summed E-state index contributed by atoms with van der Waals surface area (Å²) in [6, 6.07) is 6.27. The molecule has 0 aliphatic carbocycles. The van der Waals surface area contributed by atoms with Crippen molar-refractivity contribution in [3.05, 3.63) is 48.0 Å². The molecule has 0 radical (unpaired) electrons. The maximum Gasteiger partial charge on any atom is 0.191 e. The Balaban J connectivity index is 1.78. The molecule has 0 spiro atoms. The zero-order valence-electron chi connectivity index (χ0n) is 16.6. The van der Waals surface area contributed by atoms with Gasteiger partial charge >= 0.3 is 0 Å². The number of aromatic nitrogens is 2. The SMILES string of the molecule is CN=C(NCCCn1ccnc1)NCc1ccc(C)cc1OCCCOC. The second-order valence-corrected chi connectivity index (χ2v) is 6.31. The topological polar surface area (TPSA) is 72.7 Å². The third-order valence-electron chi connectivity index (χ3n) is 4.09. The van der Waals surface area contributed by atoms with E-state index in [0.717, 1.165) is 43.2 Å². The highest BCUT2D eigenvalue weighted by molar-refractivity contribution is 5.79. The van der Waals surface area contributed by atoms with Crippen LogP contribution in [0.25, 0.3) is 0 Å².